The first-order chi connectivity index (χ1) is 22.1. The lowest BCUT2D eigenvalue weighted by atomic mass is 10.1. The van der Waals surface area contributed by atoms with Crippen LogP contribution in [0.15, 0.2) is 71.6 Å². The summed E-state index contributed by atoms with van der Waals surface area (Å²) in [5.41, 5.74) is 6.03. The van der Waals surface area contributed by atoms with Gasteiger partial charge in [-0.25, -0.2) is 13.4 Å². The molecule has 1 unspecified atom stereocenters. The highest BCUT2D eigenvalue weighted by Gasteiger charge is 2.40. The Morgan fingerprint density at radius 3 is 2.57 bits per heavy atom. The molecule has 4 aromatic rings. The van der Waals surface area contributed by atoms with E-state index in [9.17, 15) is 27.9 Å². The third-order valence-electron chi connectivity index (χ3n) is 7.78. The van der Waals surface area contributed by atoms with Crippen molar-refractivity contribution >= 4 is 65.9 Å². The molecule has 3 aromatic carbocycles. The molecule has 1 aliphatic rings. The maximum absolute atomic E-state index is 13.6. The maximum atomic E-state index is 13.6. The van der Waals surface area contributed by atoms with Gasteiger partial charge >= 0.3 is 0 Å². The number of Topliss-reactive ketones (excluding diaryl/α,β-unsaturated/α-hetero) is 1. The average Bonchev–Trinajstić information content (AvgIpc) is 3.72. The Kier molecular flexibility index (Phi) is 10.3. The minimum Gasteiger partial charge on any atom is -0.394 e. The van der Waals surface area contributed by atoms with Crippen LogP contribution >= 0.6 is 11.3 Å². The van der Waals surface area contributed by atoms with Gasteiger partial charge in [0.05, 0.1) is 27.8 Å². The fourth-order valence-electron chi connectivity index (χ4n) is 5.54. The Bertz CT molecular complexity index is 1840. The van der Waals surface area contributed by atoms with Gasteiger partial charge in [0.2, 0.25) is 27.6 Å². The van der Waals surface area contributed by atoms with Gasteiger partial charge in [-0.05, 0) is 49.3 Å². The second kappa shape index (κ2) is 14.3. The topological polar surface area (TPSA) is 208 Å². The fourth-order valence-corrected chi connectivity index (χ4v) is 7.91. The molecule has 0 saturated carbocycles. The highest BCUT2D eigenvalue weighted by molar-refractivity contribution is 7.89. The molecule has 0 radical (unpaired) electrons. The molecule has 1 aromatic heterocycles. The van der Waals surface area contributed by atoms with Gasteiger partial charge in [-0.3, -0.25) is 19.8 Å². The number of rotatable bonds is 13. The summed E-state index contributed by atoms with van der Waals surface area (Å²) in [5.74, 6) is -1.92. The van der Waals surface area contributed by atoms with E-state index in [2.05, 4.69) is 20.3 Å². The molecule has 1 saturated heterocycles. The second-order valence-electron chi connectivity index (χ2n) is 10.9. The number of thiazole rings is 1. The van der Waals surface area contributed by atoms with Crippen LogP contribution in [0.4, 0.5) is 0 Å². The van der Waals surface area contributed by atoms with E-state index in [-0.39, 0.29) is 34.6 Å². The molecule has 5 rings (SSSR count). The molecule has 46 heavy (non-hydrogen) atoms. The van der Waals surface area contributed by atoms with Crippen molar-refractivity contribution in [1.29, 1.82) is 5.41 Å². The second-order valence-corrected chi connectivity index (χ2v) is 13.6. The number of guanidine groups is 1. The van der Waals surface area contributed by atoms with Crippen LogP contribution < -0.4 is 21.1 Å². The van der Waals surface area contributed by atoms with E-state index in [4.69, 9.17) is 11.1 Å². The number of fused-ring (bicyclic) bond motifs is 2. The van der Waals surface area contributed by atoms with E-state index in [1.165, 1.54) is 22.3 Å². The Morgan fingerprint density at radius 2 is 1.80 bits per heavy atom. The number of sulfonamides is 1. The summed E-state index contributed by atoms with van der Waals surface area (Å²) in [5, 5.41) is 24.3. The highest BCUT2D eigenvalue weighted by Crippen LogP contribution is 2.26. The van der Waals surface area contributed by atoms with Crippen molar-refractivity contribution in [3.63, 3.8) is 0 Å². The van der Waals surface area contributed by atoms with Gasteiger partial charge in [0.15, 0.2) is 11.0 Å². The van der Waals surface area contributed by atoms with E-state index in [1.807, 2.05) is 18.2 Å². The van der Waals surface area contributed by atoms with Crippen LogP contribution in [0.5, 0.6) is 0 Å². The molecule has 242 valence electrons. The molecule has 15 heteroatoms. The first kappa shape index (κ1) is 32.9. The largest absolute Gasteiger partial charge is 0.394 e. The van der Waals surface area contributed by atoms with E-state index in [1.54, 1.807) is 42.5 Å². The van der Waals surface area contributed by atoms with Gasteiger partial charge in [0, 0.05) is 18.5 Å². The number of para-hydroxylation sites is 1. The predicted octanol–water partition coefficient (Wildman–Crippen LogP) is 1.71. The van der Waals surface area contributed by atoms with E-state index in [0.29, 0.717) is 42.1 Å². The first-order valence-electron chi connectivity index (χ1n) is 14.8. The van der Waals surface area contributed by atoms with Crippen molar-refractivity contribution in [2.24, 2.45) is 5.73 Å². The van der Waals surface area contributed by atoms with Gasteiger partial charge in [-0.2, -0.15) is 4.72 Å². The summed E-state index contributed by atoms with van der Waals surface area (Å²) in [6, 6.07) is 15.5. The first-order valence-corrected chi connectivity index (χ1v) is 17.1. The third-order valence-corrected chi connectivity index (χ3v) is 10.4. The monoisotopic (exact) mass is 665 g/mol. The van der Waals surface area contributed by atoms with Gasteiger partial charge < -0.3 is 26.4 Å². The zero-order chi connectivity index (χ0) is 32.8. The number of carbonyl (C=O) groups is 3. The number of amides is 2. The van der Waals surface area contributed by atoms with E-state index < -0.39 is 46.6 Å². The Balaban J connectivity index is 1.32. The maximum Gasteiger partial charge on any atom is 0.243 e. The van der Waals surface area contributed by atoms with E-state index >= 15 is 0 Å². The predicted molar refractivity (Wildman–Crippen MR) is 175 cm³/mol. The van der Waals surface area contributed by atoms with E-state index in [0.717, 1.165) is 4.70 Å². The molecule has 0 spiro atoms. The molecule has 7 N–H and O–H groups in total. The van der Waals surface area contributed by atoms with Crippen molar-refractivity contribution in [2.45, 2.75) is 48.7 Å². The molecule has 3 atom stereocenters. The number of nitrogens with two attached hydrogens (primary N) is 1. The molecule has 1 aliphatic heterocycles. The number of carbonyl (C=O) groups excluding carboxylic acids is 3. The molecule has 2 amide bonds. The lowest BCUT2D eigenvalue weighted by Crippen LogP contribution is -2.56. The summed E-state index contributed by atoms with van der Waals surface area (Å²) in [7, 11) is -4.24. The molecular weight excluding hydrogens is 631 g/mol. The Labute approximate surface area is 269 Å². The van der Waals surface area contributed by atoms with Crippen molar-refractivity contribution < 1.29 is 27.9 Å². The van der Waals surface area contributed by atoms with Crippen LogP contribution in [-0.4, -0.2) is 84.8 Å². The lowest BCUT2D eigenvalue weighted by Gasteiger charge is -2.29. The number of aliphatic hydroxyl groups excluding tert-OH is 1. The zero-order valence-corrected chi connectivity index (χ0v) is 26.4. The van der Waals surface area contributed by atoms with Crippen LogP contribution in [0.2, 0.25) is 0 Å². The standard InChI is InChI=1S/C31H35N7O6S2/c32-31(33)34-16-6-12-22(27(40)29-36-21-11-3-4-14-25(21)45-29)35-28(41)24-13-7-17-38(24)30(42)23(18-39)37-46(43,44)26-15-5-9-19-8-1-2-10-20(19)26/h1-5,8-11,14-15,22-24,37,39H,6-7,12-13,16-18H2,(H,35,41)(H4,32,33,34)/t22?,23-,24-/m0/s1. The highest BCUT2D eigenvalue weighted by atomic mass is 32.2. The number of nitrogens with one attached hydrogen (secondary N) is 4. The third kappa shape index (κ3) is 7.33. The van der Waals surface area contributed by atoms with Crippen LogP contribution in [0.25, 0.3) is 21.0 Å². The molecule has 0 aliphatic carbocycles. The number of aliphatic hydroxyl groups is 1. The number of hydrogen-bond donors (Lipinski definition) is 6. The normalized spacial score (nSPS) is 16.3. The molecular formula is C31H35N7O6S2. The smallest absolute Gasteiger partial charge is 0.243 e. The average molecular weight is 666 g/mol. The minimum atomic E-state index is -4.24. The van der Waals surface area contributed by atoms with Gasteiger partial charge in [-0.15, -0.1) is 11.3 Å². The SMILES string of the molecule is N=C(N)NCCCC(NC(=O)[C@@H]1CCCN1C(=O)[C@H](CO)NS(=O)(=O)c1cccc2ccccc12)C(=O)c1nc2ccccc2s1. The summed E-state index contributed by atoms with van der Waals surface area (Å²) >= 11 is 1.21. The molecule has 0 bridgehead atoms. The molecule has 13 nitrogen and oxygen atoms in total. The Hall–Kier alpha value is -4.44. The molecule has 2 heterocycles. The number of ketones is 1. The summed E-state index contributed by atoms with van der Waals surface area (Å²) < 4.78 is 29.9. The van der Waals surface area contributed by atoms with Crippen molar-refractivity contribution in [1.82, 2.24) is 25.2 Å². The lowest BCUT2D eigenvalue weighted by molar-refractivity contribution is -0.140. The minimum absolute atomic E-state index is 0.0389. The number of nitrogens with zero attached hydrogens (tertiary/aromatic N) is 2. The number of aromatic nitrogens is 1. The summed E-state index contributed by atoms with van der Waals surface area (Å²) in [6.45, 7) is -0.351. The van der Waals surface area contributed by atoms with Gasteiger partial charge in [-0.1, -0.05) is 48.5 Å². The number of likely N-dealkylation sites (tertiary alicyclic amines) is 1. The van der Waals surface area contributed by atoms with Crippen molar-refractivity contribution in [2.75, 3.05) is 19.7 Å². The fraction of sp³-hybridized carbons (Fsp3) is 0.323. The van der Waals surface area contributed by atoms with Crippen molar-refractivity contribution in [3.8, 4) is 0 Å². The number of hydrogen-bond acceptors (Lipinski definition) is 9. The summed E-state index contributed by atoms with van der Waals surface area (Å²) in [6.07, 6.45) is 1.37. The zero-order valence-electron chi connectivity index (χ0n) is 24.8. The Morgan fingerprint density at radius 1 is 1.07 bits per heavy atom. The van der Waals surface area contributed by atoms with Gasteiger partial charge in [0.25, 0.3) is 0 Å². The van der Waals surface area contributed by atoms with Crippen LogP contribution in [0, 0.1) is 5.41 Å². The number of benzene rings is 3. The summed E-state index contributed by atoms with van der Waals surface area (Å²) in [4.78, 5) is 46.5. The molecule has 1 fully saturated rings. The van der Waals surface area contributed by atoms with Crippen LogP contribution in [-0.2, 0) is 19.6 Å². The van der Waals surface area contributed by atoms with Crippen LogP contribution in [0.3, 0.4) is 0 Å². The van der Waals surface area contributed by atoms with Crippen LogP contribution in [0.1, 0.15) is 35.5 Å². The van der Waals surface area contributed by atoms with Gasteiger partial charge in [0.1, 0.15) is 12.1 Å². The van der Waals surface area contributed by atoms with Crippen molar-refractivity contribution in [3.05, 3.63) is 71.7 Å². The quantitative estimate of drug-likeness (QED) is 0.0531.